The lowest BCUT2D eigenvalue weighted by molar-refractivity contribution is 0.400. The Morgan fingerprint density at radius 1 is 1.00 bits per heavy atom. The van der Waals surface area contributed by atoms with Crippen LogP contribution in [0.2, 0.25) is 0 Å². The van der Waals surface area contributed by atoms with Gasteiger partial charge in [-0.05, 0) is 48.9 Å². The number of hydrogen-bond donors (Lipinski definition) is 0. The molecule has 0 N–H and O–H groups in total. The van der Waals surface area contributed by atoms with Gasteiger partial charge in [0.1, 0.15) is 0 Å². The van der Waals surface area contributed by atoms with Crippen molar-refractivity contribution in [2.24, 2.45) is 5.92 Å². The zero-order chi connectivity index (χ0) is 7.68. The van der Waals surface area contributed by atoms with Crippen LogP contribution in [0.3, 0.4) is 0 Å². The van der Waals surface area contributed by atoms with E-state index in [1.54, 1.807) is 10.1 Å². The van der Waals surface area contributed by atoms with Crippen LogP contribution in [-0.4, -0.2) is 0 Å². The van der Waals surface area contributed by atoms with E-state index in [-0.39, 0.29) is 0 Å². The first-order valence-corrected chi connectivity index (χ1v) is 5.54. The van der Waals surface area contributed by atoms with Crippen LogP contribution in [0.15, 0.2) is 10.1 Å². The van der Waals surface area contributed by atoms with Gasteiger partial charge in [-0.15, -0.1) is 0 Å². The molecule has 1 unspecified atom stereocenters. The highest BCUT2D eigenvalue weighted by Crippen LogP contribution is 2.41. The Hall–Kier alpha value is 0.220. The quantitative estimate of drug-likeness (QED) is 0.572. The van der Waals surface area contributed by atoms with E-state index in [9.17, 15) is 0 Å². The Balaban J connectivity index is 2.19. The molecular formula is C10H15Br. The lowest BCUT2D eigenvalue weighted by atomic mass is 9.78. The largest absolute Gasteiger partial charge is 0.0570 e. The topological polar surface area (TPSA) is 0 Å². The monoisotopic (exact) mass is 214 g/mol. The predicted molar refractivity (Wildman–Crippen MR) is 51.8 cm³/mol. The number of fused-ring (bicyclic) bond motifs is 1. The van der Waals surface area contributed by atoms with E-state index >= 15 is 0 Å². The summed E-state index contributed by atoms with van der Waals surface area (Å²) in [4.78, 5) is 0. The summed E-state index contributed by atoms with van der Waals surface area (Å²) in [5.41, 5.74) is 1.77. The fraction of sp³-hybridized carbons (Fsp3) is 0.800. The molecule has 0 radical (unpaired) electrons. The summed E-state index contributed by atoms with van der Waals surface area (Å²) in [6.07, 6.45) is 9.93. The van der Waals surface area contributed by atoms with Crippen molar-refractivity contribution in [2.75, 3.05) is 0 Å². The smallest absolute Gasteiger partial charge is 0.00545 e. The molecule has 2 aliphatic carbocycles. The fourth-order valence-corrected chi connectivity index (χ4v) is 3.23. The zero-order valence-electron chi connectivity index (χ0n) is 6.91. The van der Waals surface area contributed by atoms with Gasteiger partial charge in [-0.25, -0.2) is 0 Å². The van der Waals surface area contributed by atoms with Gasteiger partial charge < -0.3 is 0 Å². The van der Waals surface area contributed by atoms with E-state index in [0.717, 1.165) is 5.92 Å². The Labute approximate surface area is 77.2 Å². The van der Waals surface area contributed by atoms with E-state index in [4.69, 9.17) is 0 Å². The van der Waals surface area contributed by atoms with E-state index in [1.165, 1.54) is 44.9 Å². The first-order chi connectivity index (χ1) is 5.38. The van der Waals surface area contributed by atoms with Crippen LogP contribution in [0.5, 0.6) is 0 Å². The Bertz CT molecular complexity index is 181. The second-order valence-corrected chi connectivity index (χ2v) is 4.72. The highest BCUT2D eigenvalue weighted by atomic mass is 79.9. The van der Waals surface area contributed by atoms with Gasteiger partial charge in [0.25, 0.3) is 0 Å². The molecule has 1 fully saturated rings. The standard InChI is InChI=1S/C10H15Br/c11-10-7-3-5-8-4-1-2-6-9(8)10/h8H,1-7H2. The van der Waals surface area contributed by atoms with E-state index < -0.39 is 0 Å². The van der Waals surface area contributed by atoms with Crippen molar-refractivity contribution < 1.29 is 0 Å². The molecule has 1 atom stereocenters. The molecule has 0 nitrogen and oxygen atoms in total. The molecule has 0 spiro atoms. The summed E-state index contributed by atoms with van der Waals surface area (Å²) in [6, 6.07) is 0. The molecule has 0 bridgehead atoms. The average molecular weight is 215 g/mol. The molecule has 0 saturated heterocycles. The molecule has 11 heavy (non-hydrogen) atoms. The molecule has 0 aromatic heterocycles. The van der Waals surface area contributed by atoms with Crippen LogP contribution in [0.1, 0.15) is 44.9 Å². The van der Waals surface area contributed by atoms with Gasteiger partial charge in [-0.1, -0.05) is 27.9 Å². The third kappa shape index (κ3) is 1.53. The highest BCUT2D eigenvalue weighted by molar-refractivity contribution is 9.11. The second-order valence-electron chi connectivity index (χ2n) is 3.77. The SMILES string of the molecule is BrC1=C2CCCCC2CCC1. The van der Waals surface area contributed by atoms with Gasteiger partial charge in [0, 0.05) is 0 Å². The summed E-state index contributed by atoms with van der Waals surface area (Å²) in [5.74, 6) is 0.965. The van der Waals surface area contributed by atoms with Crippen LogP contribution >= 0.6 is 15.9 Å². The van der Waals surface area contributed by atoms with Crippen molar-refractivity contribution in [3.05, 3.63) is 10.1 Å². The molecule has 0 aromatic carbocycles. The predicted octanol–water partition coefficient (Wildman–Crippen LogP) is 4.01. The Morgan fingerprint density at radius 2 is 1.82 bits per heavy atom. The molecule has 0 heterocycles. The molecule has 1 heteroatoms. The van der Waals surface area contributed by atoms with Crippen molar-refractivity contribution >= 4 is 15.9 Å². The Morgan fingerprint density at radius 3 is 2.64 bits per heavy atom. The van der Waals surface area contributed by atoms with Crippen molar-refractivity contribution in [3.8, 4) is 0 Å². The molecule has 1 saturated carbocycles. The normalized spacial score (nSPS) is 31.9. The number of halogens is 1. The molecule has 0 aromatic rings. The van der Waals surface area contributed by atoms with E-state index in [2.05, 4.69) is 15.9 Å². The molecular weight excluding hydrogens is 200 g/mol. The lowest BCUT2D eigenvalue weighted by Gasteiger charge is -2.30. The summed E-state index contributed by atoms with van der Waals surface area (Å²) in [7, 11) is 0. The fourth-order valence-electron chi connectivity index (χ4n) is 2.42. The third-order valence-corrected chi connectivity index (χ3v) is 3.94. The van der Waals surface area contributed by atoms with Gasteiger partial charge in [-0.2, -0.15) is 0 Å². The van der Waals surface area contributed by atoms with Gasteiger partial charge in [0.2, 0.25) is 0 Å². The summed E-state index contributed by atoms with van der Waals surface area (Å²) in [6.45, 7) is 0. The first-order valence-electron chi connectivity index (χ1n) is 4.75. The first kappa shape index (κ1) is 7.85. The van der Waals surface area contributed by atoms with Crippen molar-refractivity contribution in [2.45, 2.75) is 44.9 Å². The van der Waals surface area contributed by atoms with Crippen molar-refractivity contribution in [1.82, 2.24) is 0 Å². The van der Waals surface area contributed by atoms with Crippen LogP contribution in [0, 0.1) is 5.92 Å². The minimum atomic E-state index is 0.965. The second kappa shape index (κ2) is 3.30. The number of rotatable bonds is 0. The van der Waals surface area contributed by atoms with Gasteiger partial charge >= 0.3 is 0 Å². The van der Waals surface area contributed by atoms with E-state index in [0.29, 0.717) is 0 Å². The minimum absolute atomic E-state index is 0.965. The zero-order valence-corrected chi connectivity index (χ0v) is 8.49. The lowest BCUT2D eigenvalue weighted by Crippen LogP contribution is -2.14. The summed E-state index contributed by atoms with van der Waals surface area (Å²) in [5, 5.41) is 0. The highest BCUT2D eigenvalue weighted by Gasteiger charge is 2.23. The Kier molecular flexibility index (Phi) is 2.36. The van der Waals surface area contributed by atoms with E-state index in [1.807, 2.05) is 0 Å². The maximum Gasteiger partial charge on any atom is -0.00545 e. The van der Waals surface area contributed by atoms with Crippen LogP contribution in [0.4, 0.5) is 0 Å². The maximum absolute atomic E-state index is 3.71. The number of allylic oxidation sites excluding steroid dienone is 2. The molecule has 2 rings (SSSR count). The van der Waals surface area contributed by atoms with Crippen LogP contribution in [0.25, 0.3) is 0 Å². The molecule has 62 valence electrons. The van der Waals surface area contributed by atoms with Gasteiger partial charge in [0.05, 0.1) is 0 Å². The molecule has 0 amide bonds. The molecule has 2 aliphatic rings. The summed E-state index contributed by atoms with van der Waals surface area (Å²) >= 11 is 3.71. The van der Waals surface area contributed by atoms with Gasteiger partial charge in [-0.3, -0.25) is 0 Å². The summed E-state index contributed by atoms with van der Waals surface area (Å²) < 4.78 is 1.55. The average Bonchev–Trinajstić information content (AvgIpc) is 2.06. The van der Waals surface area contributed by atoms with Crippen molar-refractivity contribution in [3.63, 3.8) is 0 Å². The van der Waals surface area contributed by atoms with Crippen LogP contribution < -0.4 is 0 Å². The minimum Gasteiger partial charge on any atom is -0.0570 e. The molecule has 0 aliphatic heterocycles. The van der Waals surface area contributed by atoms with Crippen molar-refractivity contribution in [1.29, 1.82) is 0 Å². The van der Waals surface area contributed by atoms with Gasteiger partial charge in [0.15, 0.2) is 0 Å². The number of hydrogen-bond acceptors (Lipinski definition) is 0. The van der Waals surface area contributed by atoms with Crippen LogP contribution in [-0.2, 0) is 0 Å². The maximum atomic E-state index is 3.71. The third-order valence-electron chi connectivity index (χ3n) is 3.04.